The number of benzene rings is 2. The number of pyridine rings is 2. The highest BCUT2D eigenvalue weighted by Crippen LogP contribution is 2.36. The lowest BCUT2D eigenvalue weighted by Crippen LogP contribution is -2.30. The van der Waals surface area contributed by atoms with E-state index in [1.807, 2.05) is 30.3 Å². The SMILES string of the molecule is O=C(CC1CCNCC1)Nc1cc(I)cc(-c2cnc3n[nH]c(-c4cc5c(-c6cc(F)cc(OCCN7CCCC7)c6)nccc5[nH]4)c3c2)c1. The fourth-order valence-electron chi connectivity index (χ4n) is 7.15. The van der Waals surface area contributed by atoms with E-state index in [9.17, 15) is 9.18 Å². The summed E-state index contributed by atoms with van der Waals surface area (Å²) in [6, 6.07) is 16.8. The number of likely N-dealkylation sites (tertiary alicyclic amines) is 1. The summed E-state index contributed by atoms with van der Waals surface area (Å²) >= 11 is 2.28. The smallest absolute Gasteiger partial charge is 0.224 e. The maximum absolute atomic E-state index is 14.9. The molecule has 10 nitrogen and oxygen atoms in total. The summed E-state index contributed by atoms with van der Waals surface area (Å²) in [5.74, 6) is 0.581. The fraction of sp³-hybridized carbons (Fsp3) is 0.316. The molecule has 2 aliphatic heterocycles. The molecule has 0 radical (unpaired) electrons. The third-order valence-electron chi connectivity index (χ3n) is 9.69. The molecule has 0 unspecified atom stereocenters. The normalized spacial score (nSPS) is 15.6. The average molecular weight is 785 g/mol. The van der Waals surface area contributed by atoms with Crippen molar-refractivity contribution in [3.05, 3.63) is 76.4 Å². The second kappa shape index (κ2) is 14.4. The number of ether oxygens (including phenoxy) is 1. The molecule has 4 N–H and O–H groups in total. The van der Waals surface area contributed by atoms with Gasteiger partial charge in [0.25, 0.3) is 0 Å². The number of rotatable bonds is 10. The Kier molecular flexibility index (Phi) is 9.47. The van der Waals surface area contributed by atoms with Gasteiger partial charge in [-0.05, 0) is 134 Å². The van der Waals surface area contributed by atoms with E-state index in [1.165, 1.54) is 25.0 Å². The Morgan fingerprint density at radius 1 is 0.980 bits per heavy atom. The van der Waals surface area contributed by atoms with Crippen LogP contribution in [0.1, 0.15) is 32.1 Å². The topological polar surface area (TPSA) is 124 Å². The number of aromatic nitrogens is 5. The molecule has 50 heavy (non-hydrogen) atoms. The first-order valence-electron chi connectivity index (χ1n) is 17.2. The number of anilines is 1. The number of H-pyrrole nitrogens is 2. The van der Waals surface area contributed by atoms with Gasteiger partial charge in [-0.15, -0.1) is 0 Å². The van der Waals surface area contributed by atoms with Gasteiger partial charge in [-0.2, -0.15) is 5.10 Å². The summed E-state index contributed by atoms with van der Waals surface area (Å²) in [6.07, 6.45) is 8.55. The van der Waals surface area contributed by atoms with Gasteiger partial charge in [-0.3, -0.25) is 19.8 Å². The van der Waals surface area contributed by atoms with Crippen molar-refractivity contribution in [2.45, 2.75) is 32.1 Å². The third kappa shape index (κ3) is 7.23. The minimum Gasteiger partial charge on any atom is -0.492 e. The molecule has 1 amide bonds. The Bertz CT molecular complexity index is 2170. The van der Waals surface area contributed by atoms with Gasteiger partial charge >= 0.3 is 0 Å². The number of fused-ring (bicyclic) bond motifs is 2. The molecular weight excluding hydrogens is 746 g/mol. The van der Waals surface area contributed by atoms with Gasteiger partial charge in [0.05, 0.1) is 17.1 Å². The number of carbonyl (C=O) groups excluding carboxylic acids is 1. The van der Waals surface area contributed by atoms with Gasteiger partial charge in [0.2, 0.25) is 5.91 Å². The Morgan fingerprint density at radius 3 is 2.70 bits per heavy atom. The van der Waals surface area contributed by atoms with Crippen LogP contribution in [0.3, 0.4) is 0 Å². The van der Waals surface area contributed by atoms with E-state index in [0.29, 0.717) is 41.6 Å². The van der Waals surface area contributed by atoms with Gasteiger partial charge in [0.1, 0.15) is 18.2 Å². The van der Waals surface area contributed by atoms with Crippen molar-refractivity contribution in [2.75, 3.05) is 44.6 Å². The second-order valence-corrected chi connectivity index (χ2v) is 14.5. The zero-order valence-corrected chi connectivity index (χ0v) is 29.7. The number of amides is 1. The molecule has 4 aromatic heterocycles. The number of hydrogen-bond acceptors (Lipinski definition) is 7. The molecule has 2 saturated heterocycles. The average Bonchev–Trinajstić information content (AvgIpc) is 3.88. The predicted molar refractivity (Wildman–Crippen MR) is 203 cm³/mol. The highest BCUT2D eigenvalue weighted by molar-refractivity contribution is 14.1. The number of piperidine rings is 1. The van der Waals surface area contributed by atoms with Crippen LogP contribution in [0.2, 0.25) is 0 Å². The van der Waals surface area contributed by atoms with Crippen molar-refractivity contribution in [1.29, 1.82) is 0 Å². The van der Waals surface area contributed by atoms with E-state index >= 15 is 0 Å². The van der Waals surface area contributed by atoms with Crippen LogP contribution >= 0.6 is 22.6 Å². The van der Waals surface area contributed by atoms with Crippen LogP contribution in [0.25, 0.3) is 55.7 Å². The number of nitrogens with one attached hydrogen (secondary N) is 4. The molecule has 6 aromatic rings. The van der Waals surface area contributed by atoms with E-state index < -0.39 is 0 Å². The lowest BCUT2D eigenvalue weighted by atomic mass is 9.94. The minimum absolute atomic E-state index is 0.0442. The van der Waals surface area contributed by atoms with Crippen molar-refractivity contribution in [3.8, 4) is 39.5 Å². The monoisotopic (exact) mass is 784 g/mol. The Morgan fingerprint density at radius 2 is 1.84 bits per heavy atom. The van der Waals surface area contributed by atoms with Gasteiger partial charge in [0.15, 0.2) is 5.65 Å². The minimum atomic E-state index is -0.369. The molecule has 0 saturated carbocycles. The zero-order chi connectivity index (χ0) is 34.0. The highest BCUT2D eigenvalue weighted by Gasteiger charge is 2.19. The van der Waals surface area contributed by atoms with Crippen molar-refractivity contribution in [1.82, 2.24) is 35.4 Å². The zero-order valence-electron chi connectivity index (χ0n) is 27.6. The van der Waals surface area contributed by atoms with E-state index in [-0.39, 0.29) is 11.7 Å². The Hall–Kier alpha value is -4.40. The van der Waals surface area contributed by atoms with Gasteiger partial charge < -0.3 is 20.4 Å². The molecule has 0 bridgehead atoms. The summed E-state index contributed by atoms with van der Waals surface area (Å²) in [4.78, 5) is 28.1. The molecule has 6 heterocycles. The summed E-state index contributed by atoms with van der Waals surface area (Å²) < 4.78 is 21.9. The molecule has 2 fully saturated rings. The molecule has 12 heteroatoms. The third-order valence-corrected chi connectivity index (χ3v) is 10.3. The Labute approximate surface area is 302 Å². The lowest BCUT2D eigenvalue weighted by Gasteiger charge is -2.22. The molecular formula is C38H38FIN8O2. The maximum Gasteiger partial charge on any atom is 0.224 e. The largest absolute Gasteiger partial charge is 0.492 e. The summed E-state index contributed by atoms with van der Waals surface area (Å²) in [5, 5.41) is 15.8. The van der Waals surface area contributed by atoms with Gasteiger partial charge in [0, 0.05) is 68.1 Å². The van der Waals surface area contributed by atoms with Crippen LogP contribution in [0, 0.1) is 15.3 Å². The highest BCUT2D eigenvalue weighted by atomic mass is 127. The van der Waals surface area contributed by atoms with E-state index in [4.69, 9.17) is 4.74 Å². The van der Waals surface area contributed by atoms with Crippen molar-refractivity contribution >= 4 is 56.1 Å². The number of hydrogen-bond donors (Lipinski definition) is 4. The molecule has 2 aliphatic rings. The van der Waals surface area contributed by atoms with Crippen LogP contribution in [-0.2, 0) is 4.79 Å². The predicted octanol–water partition coefficient (Wildman–Crippen LogP) is 7.38. The molecule has 0 aliphatic carbocycles. The van der Waals surface area contributed by atoms with Crippen LogP contribution in [-0.4, -0.2) is 75.3 Å². The molecule has 2 aromatic carbocycles. The van der Waals surface area contributed by atoms with E-state index in [0.717, 1.165) is 93.6 Å². The Balaban J connectivity index is 1.06. The number of aromatic amines is 2. The van der Waals surface area contributed by atoms with E-state index in [2.05, 4.69) is 75.4 Å². The molecule has 0 atom stereocenters. The van der Waals surface area contributed by atoms with Gasteiger partial charge in [-0.25, -0.2) is 9.37 Å². The van der Waals surface area contributed by atoms with Crippen molar-refractivity contribution < 1.29 is 13.9 Å². The first kappa shape index (κ1) is 32.8. The first-order valence-corrected chi connectivity index (χ1v) is 18.3. The second-order valence-electron chi connectivity index (χ2n) is 13.2. The fourth-order valence-corrected chi connectivity index (χ4v) is 7.82. The summed E-state index contributed by atoms with van der Waals surface area (Å²) in [7, 11) is 0. The van der Waals surface area contributed by atoms with E-state index in [1.54, 1.807) is 12.4 Å². The van der Waals surface area contributed by atoms with Gasteiger partial charge in [-0.1, -0.05) is 0 Å². The molecule has 256 valence electrons. The van der Waals surface area contributed by atoms with Crippen LogP contribution in [0.4, 0.5) is 10.1 Å². The van der Waals surface area contributed by atoms with Crippen LogP contribution < -0.4 is 15.4 Å². The molecule has 0 spiro atoms. The van der Waals surface area contributed by atoms with Crippen LogP contribution in [0.5, 0.6) is 5.75 Å². The number of halogens is 2. The number of carbonyl (C=O) groups is 1. The first-order chi connectivity index (χ1) is 24.4. The number of nitrogens with zero attached hydrogens (tertiary/aromatic N) is 4. The standard InChI is InChI=1S/C38H38FIN8O2/c39-27-14-25(17-30(19-27)50-12-11-48-9-1-2-10-48)36-31-21-34(45-33(31)5-8-42-36)37-32-18-26(22-43-38(32)47-46-37)24-15-28(40)20-29(16-24)44-35(49)13-23-3-6-41-7-4-23/h5,8,14-23,41,45H,1-4,6-7,9-13H2,(H,44,49)(H,43,46,47). The van der Waals surface area contributed by atoms with Crippen molar-refractivity contribution in [2.24, 2.45) is 5.92 Å². The lowest BCUT2D eigenvalue weighted by molar-refractivity contribution is -0.117. The maximum atomic E-state index is 14.9. The quantitative estimate of drug-likeness (QED) is 0.107. The summed E-state index contributed by atoms with van der Waals surface area (Å²) in [5.41, 5.74) is 6.96. The van der Waals surface area contributed by atoms with Crippen molar-refractivity contribution in [3.63, 3.8) is 0 Å². The van der Waals surface area contributed by atoms with Crippen LogP contribution in [0.15, 0.2) is 67.0 Å². The molecule has 8 rings (SSSR count). The summed E-state index contributed by atoms with van der Waals surface area (Å²) in [6.45, 7) is 5.45.